The molecule has 6 nitrogen and oxygen atoms in total. The van der Waals surface area contributed by atoms with Crippen LogP contribution in [0.4, 0.5) is 0 Å². The molecule has 6 heterocycles. The molecule has 0 unspecified atom stereocenters. The quantitative estimate of drug-likeness (QED) is 0.378. The maximum absolute atomic E-state index is 5.24. The van der Waals surface area contributed by atoms with Gasteiger partial charge in [0.15, 0.2) is 0 Å². The number of nitrogens with zero attached hydrogens (tertiary/aromatic N) is 6. The summed E-state index contributed by atoms with van der Waals surface area (Å²) in [5, 5.41) is 3.26. The minimum atomic E-state index is 0.854. The summed E-state index contributed by atoms with van der Waals surface area (Å²) >= 11 is 0. The van der Waals surface area contributed by atoms with Gasteiger partial charge in [0.05, 0.1) is 40.3 Å². The number of aromatic nitrogens is 6. The van der Waals surface area contributed by atoms with Crippen LogP contribution in [-0.4, -0.2) is 29.1 Å². The molecule has 0 saturated heterocycles. The number of hydrogen-bond donors (Lipinski definition) is 0. The Hall–Kier alpha value is -4.58. The molecular weight excluding hydrogens is 396 g/mol. The van der Waals surface area contributed by atoms with Crippen LogP contribution in [0.5, 0.6) is 0 Å². The lowest BCUT2D eigenvalue weighted by atomic mass is 10.1. The van der Waals surface area contributed by atoms with Crippen molar-refractivity contribution in [1.29, 1.82) is 0 Å². The molecule has 0 amide bonds. The summed E-state index contributed by atoms with van der Waals surface area (Å²) in [5.74, 6) is 0. The molecule has 150 valence electrons. The number of para-hydroxylation sites is 1. The second-order valence-corrected chi connectivity index (χ2v) is 7.71. The normalized spacial score (nSPS) is 11.8. The molecule has 0 saturated carbocycles. The fourth-order valence-electron chi connectivity index (χ4n) is 4.61. The summed E-state index contributed by atoms with van der Waals surface area (Å²) in [6.45, 7) is 0. The van der Waals surface area contributed by atoms with Crippen LogP contribution < -0.4 is 0 Å². The Morgan fingerprint density at radius 2 is 1.22 bits per heavy atom. The van der Waals surface area contributed by atoms with Crippen molar-refractivity contribution in [2.75, 3.05) is 0 Å². The molecule has 6 heteroatoms. The number of hydrogen-bond acceptors (Lipinski definition) is 4. The van der Waals surface area contributed by atoms with Crippen LogP contribution in [0, 0.1) is 0 Å². The van der Waals surface area contributed by atoms with Crippen molar-refractivity contribution >= 4 is 44.0 Å². The summed E-state index contributed by atoms with van der Waals surface area (Å²) in [5.41, 5.74) is 6.71. The first kappa shape index (κ1) is 17.1. The van der Waals surface area contributed by atoms with Crippen molar-refractivity contribution in [2.24, 2.45) is 0 Å². The average molecular weight is 412 g/mol. The van der Waals surface area contributed by atoms with Gasteiger partial charge >= 0.3 is 0 Å². The topological polar surface area (TPSA) is 61.4 Å². The van der Waals surface area contributed by atoms with Crippen molar-refractivity contribution in [3.05, 3.63) is 97.7 Å². The molecule has 0 aliphatic heterocycles. The van der Waals surface area contributed by atoms with E-state index in [0.717, 1.165) is 55.4 Å². The van der Waals surface area contributed by atoms with Crippen LogP contribution >= 0.6 is 0 Å². The summed E-state index contributed by atoms with van der Waals surface area (Å²) < 4.78 is 4.31. The van der Waals surface area contributed by atoms with E-state index >= 15 is 0 Å². The monoisotopic (exact) mass is 412 g/mol. The zero-order valence-electron chi connectivity index (χ0n) is 16.9. The number of benzene rings is 1. The van der Waals surface area contributed by atoms with E-state index in [-0.39, 0.29) is 0 Å². The Bertz CT molecular complexity index is 1640. The van der Waals surface area contributed by atoms with E-state index in [4.69, 9.17) is 9.97 Å². The first-order valence-electron chi connectivity index (χ1n) is 10.4. The predicted octanol–water partition coefficient (Wildman–Crippen LogP) is 5.46. The molecule has 0 bridgehead atoms. The molecular formula is C26H16N6. The van der Waals surface area contributed by atoms with Gasteiger partial charge in [0.2, 0.25) is 0 Å². The van der Waals surface area contributed by atoms with Crippen LogP contribution in [0.2, 0.25) is 0 Å². The zero-order valence-corrected chi connectivity index (χ0v) is 16.9. The van der Waals surface area contributed by atoms with Gasteiger partial charge in [-0.2, -0.15) is 0 Å². The Kier molecular flexibility index (Phi) is 3.46. The van der Waals surface area contributed by atoms with Crippen LogP contribution in [0.15, 0.2) is 97.7 Å². The van der Waals surface area contributed by atoms with E-state index in [1.54, 1.807) is 12.4 Å². The first-order valence-corrected chi connectivity index (χ1v) is 10.4. The number of fused-ring (bicyclic) bond motifs is 6. The smallest absolute Gasteiger partial charge is 0.149 e. The lowest BCUT2D eigenvalue weighted by Gasteiger charge is -2.08. The molecule has 1 aromatic carbocycles. The van der Waals surface area contributed by atoms with E-state index in [2.05, 4.69) is 61.6 Å². The van der Waals surface area contributed by atoms with Gasteiger partial charge in [0, 0.05) is 34.7 Å². The summed E-state index contributed by atoms with van der Waals surface area (Å²) in [6.07, 6.45) is 9.12. The van der Waals surface area contributed by atoms with E-state index < -0.39 is 0 Å². The Labute approximate surface area is 182 Å². The molecule has 32 heavy (non-hydrogen) atoms. The number of pyridine rings is 4. The van der Waals surface area contributed by atoms with Crippen molar-refractivity contribution < 1.29 is 0 Å². The minimum Gasteiger partial charge on any atom is -0.292 e. The van der Waals surface area contributed by atoms with Crippen molar-refractivity contribution in [2.45, 2.75) is 0 Å². The van der Waals surface area contributed by atoms with E-state index in [1.165, 1.54) is 0 Å². The second kappa shape index (κ2) is 6.46. The van der Waals surface area contributed by atoms with Gasteiger partial charge in [-0.15, -0.1) is 0 Å². The van der Waals surface area contributed by atoms with E-state index in [0.29, 0.717) is 0 Å². The highest BCUT2D eigenvalue weighted by molar-refractivity contribution is 6.15. The van der Waals surface area contributed by atoms with Crippen molar-refractivity contribution in [3.8, 4) is 11.4 Å². The number of rotatable bonds is 2. The van der Waals surface area contributed by atoms with E-state index in [1.807, 2.05) is 42.9 Å². The Morgan fingerprint density at radius 1 is 0.562 bits per heavy atom. The third-order valence-corrected chi connectivity index (χ3v) is 5.93. The fraction of sp³-hybridized carbons (Fsp3) is 0. The fourth-order valence-corrected chi connectivity index (χ4v) is 4.61. The summed E-state index contributed by atoms with van der Waals surface area (Å²) in [4.78, 5) is 18.6. The standard InChI is InChI=1S/C26H16N6/c1-2-9-22-19(8-1)20-14-21-24-23(10-5-13-29-24)32(18-7-4-12-28-16-18)26(21)30-25(20)31(22)17-6-3-11-27-15-17/h1-16H. The van der Waals surface area contributed by atoms with E-state index in [9.17, 15) is 0 Å². The SMILES string of the molecule is c1cncc(-n2c3ccccc3c3cc4c5ncccc5n(-c5cccnc5)c4nc32)c1. The highest BCUT2D eigenvalue weighted by Crippen LogP contribution is 2.36. The van der Waals surface area contributed by atoms with Crippen LogP contribution in [0.25, 0.3) is 55.4 Å². The highest BCUT2D eigenvalue weighted by Gasteiger charge is 2.20. The first-order chi connectivity index (χ1) is 15.9. The van der Waals surface area contributed by atoms with Crippen LogP contribution in [0.1, 0.15) is 0 Å². The summed E-state index contributed by atoms with van der Waals surface area (Å²) in [7, 11) is 0. The molecule has 7 rings (SSSR count). The molecule has 0 fully saturated rings. The molecule has 0 radical (unpaired) electrons. The third-order valence-electron chi connectivity index (χ3n) is 5.93. The molecule has 7 aromatic rings. The van der Waals surface area contributed by atoms with Gasteiger partial charge in [-0.05, 0) is 48.5 Å². The van der Waals surface area contributed by atoms with Gasteiger partial charge in [-0.3, -0.25) is 24.1 Å². The third kappa shape index (κ3) is 2.29. The van der Waals surface area contributed by atoms with Gasteiger partial charge in [-0.25, -0.2) is 4.98 Å². The minimum absolute atomic E-state index is 0.854. The average Bonchev–Trinajstić information content (AvgIpc) is 3.36. The molecule has 0 spiro atoms. The maximum Gasteiger partial charge on any atom is 0.149 e. The van der Waals surface area contributed by atoms with Gasteiger partial charge < -0.3 is 0 Å². The van der Waals surface area contributed by atoms with Gasteiger partial charge in [-0.1, -0.05) is 18.2 Å². The largest absolute Gasteiger partial charge is 0.292 e. The molecule has 6 aromatic heterocycles. The van der Waals surface area contributed by atoms with Gasteiger partial charge in [0.25, 0.3) is 0 Å². The van der Waals surface area contributed by atoms with Crippen LogP contribution in [-0.2, 0) is 0 Å². The highest BCUT2D eigenvalue weighted by atomic mass is 15.1. The van der Waals surface area contributed by atoms with Crippen molar-refractivity contribution in [3.63, 3.8) is 0 Å². The zero-order chi connectivity index (χ0) is 21.1. The van der Waals surface area contributed by atoms with Crippen molar-refractivity contribution in [1.82, 2.24) is 29.1 Å². The molecule has 0 aliphatic rings. The molecule has 0 N–H and O–H groups in total. The Morgan fingerprint density at radius 3 is 1.97 bits per heavy atom. The predicted molar refractivity (Wildman–Crippen MR) is 126 cm³/mol. The molecule has 0 aliphatic carbocycles. The Balaban J connectivity index is 1.71. The lowest BCUT2D eigenvalue weighted by molar-refractivity contribution is 1.08. The van der Waals surface area contributed by atoms with Crippen LogP contribution in [0.3, 0.4) is 0 Å². The molecule has 0 atom stereocenters. The summed E-state index contributed by atoms with van der Waals surface area (Å²) in [6, 6.07) is 22.6. The lowest BCUT2D eigenvalue weighted by Crippen LogP contribution is -1.99. The second-order valence-electron chi connectivity index (χ2n) is 7.71. The maximum atomic E-state index is 5.24. The van der Waals surface area contributed by atoms with Gasteiger partial charge in [0.1, 0.15) is 11.3 Å².